The van der Waals surface area contributed by atoms with E-state index in [-0.39, 0.29) is 6.04 Å². The summed E-state index contributed by atoms with van der Waals surface area (Å²) < 4.78 is 8.11. The van der Waals surface area contributed by atoms with Gasteiger partial charge in [0, 0.05) is 13.5 Å². The first kappa shape index (κ1) is 12.3. The van der Waals surface area contributed by atoms with Gasteiger partial charge in [0.15, 0.2) is 4.67 Å². The Balaban J connectivity index is 2.15. The predicted molar refractivity (Wildman–Crippen MR) is 67.5 cm³/mol. The normalized spacial score (nSPS) is 12.9. The van der Waals surface area contributed by atoms with Crippen molar-refractivity contribution in [2.24, 2.45) is 7.05 Å². The standard InChI is InChI=1S/C11H15BrN4O/c1-3-13-8(9-4-5-10(12)17-9)6-11-14-7-15-16(11)2/h4-5,7-8,13H,3,6H2,1-2H3. The lowest BCUT2D eigenvalue weighted by Crippen LogP contribution is -2.23. The average Bonchev–Trinajstić information content (AvgIpc) is 2.88. The van der Waals surface area contributed by atoms with Crippen LogP contribution in [0.3, 0.4) is 0 Å². The summed E-state index contributed by atoms with van der Waals surface area (Å²) in [6.07, 6.45) is 2.32. The molecule has 2 rings (SSSR count). The molecule has 0 saturated heterocycles. The van der Waals surface area contributed by atoms with Crippen LogP contribution in [0.2, 0.25) is 0 Å². The number of halogens is 1. The first-order chi connectivity index (χ1) is 8.20. The van der Waals surface area contributed by atoms with E-state index < -0.39 is 0 Å². The minimum Gasteiger partial charge on any atom is -0.453 e. The number of rotatable bonds is 5. The summed E-state index contributed by atoms with van der Waals surface area (Å²) in [5.41, 5.74) is 0. The zero-order valence-electron chi connectivity index (χ0n) is 9.85. The molecule has 92 valence electrons. The zero-order chi connectivity index (χ0) is 12.3. The van der Waals surface area contributed by atoms with Gasteiger partial charge >= 0.3 is 0 Å². The van der Waals surface area contributed by atoms with Crippen molar-refractivity contribution in [1.82, 2.24) is 20.1 Å². The summed E-state index contributed by atoms with van der Waals surface area (Å²) in [4.78, 5) is 4.23. The van der Waals surface area contributed by atoms with Crippen molar-refractivity contribution >= 4 is 15.9 Å². The van der Waals surface area contributed by atoms with Crippen LogP contribution in [0.25, 0.3) is 0 Å². The van der Waals surface area contributed by atoms with Gasteiger partial charge in [-0.1, -0.05) is 6.92 Å². The Morgan fingerprint density at radius 3 is 2.88 bits per heavy atom. The average molecular weight is 299 g/mol. The van der Waals surface area contributed by atoms with Crippen LogP contribution in [0, 0.1) is 0 Å². The van der Waals surface area contributed by atoms with Crippen LogP contribution in [0.15, 0.2) is 27.5 Å². The molecule has 0 aromatic carbocycles. The van der Waals surface area contributed by atoms with E-state index >= 15 is 0 Å². The van der Waals surface area contributed by atoms with Gasteiger partial charge < -0.3 is 9.73 Å². The fraction of sp³-hybridized carbons (Fsp3) is 0.455. The highest BCUT2D eigenvalue weighted by molar-refractivity contribution is 9.10. The van der Waals surface area contributed by atoms with Crippen molar-refractivity contribution in [2.45, 2.75) is 19.4 Å². The van der Waals surface area contributed by atoms with Crippen molar-refractivity contribution in [3.63, 3.8) is 0 Å². The second kappa shape index (κ2) is 5.46. The first-order valence-electron chi connectivity index (χ1n) is 5.52. The van der Waals surface area contributed by atoms with Crippen molar-refractivity contribution in [1.29, 1.82) is 0 Å². The van der Waals surface area contributed by atoms with E-state index in [2.05, 4.69) is 38.3 Å². The molecule has 1 atom stereocenters. The summed E-state index contributed by atoms with van der Waals surface area (Å²) in [6, 6.07) is 3.98. The van der Waals surface area contributed by atoms with E-state index in [1.807, 2.05) is 19.2 Å². The minimum absolute atomic E-state index is 0.120. The van der Waals surface area contributed by atoms with Crippen molar-refractivity contribution in [3.05, 3.63) is 34.7 Å². The highest BCUT2D eigenvalue weighted by atomic mass is 79.9. The molecule has 6 heteroatoms. The highest BCUT2D eigenvalue weighted by Gasteiger charge is 2.17. The van der Waals surface area contributed by atoms with Crippen molar-refractivity contribution in [3.8, 4) is 0 Å². The molecule has 2 heterocycles. The first-order valence-corrected chi connectivity index (χ1v) is 6.31. The predicted octanol–water partition coefficient (Wildman–Crippen LogP) is 2.06. The lowest BCUT2D eigenvalue weighted by molar-refractivity contribution is 0.398. The Bertz CT molecular complexity index is 479. The van der Waals surface area contributed by atoms with Crippen LogP contribution >= 0.6 is 15.9 Å². The molecule has 1 N–H and O–H groups in total. The zero-order valence-corrected chi connectivity index (χ0v) is 11.4. The fourth-order valence-electron chi connectivity index (χ4n) is 1.72. The summed E-state index contributed by atoms with van der Waals surface area (Å²) in [7, 11) is 1.89. The maximum atomic E-state index is 5.58. The summed E-state index contributed by atoms with van der Waals surface area (Å²) in [5, 5.41) is 7.45. The highest BCUT2D eigenvalue weighted by Crippen LogP contribution is 2.22. The second-order valence-corrected chi connectivity index (χ2v) is 4.54. The number of aryl methyl sites for hydroxylation is 1. The molecule has 0 amide bonds. The molecule has 1 unspecified atom stereocenters. The van der Waals surface area contributed by atoms with Gasteiger partial charge in [-0.25, -0.2) is 4.98 Å². The summed E-state index contributed by atoms with van der Waals surface area (Å²) in [5.74, 6) is 1.84. The molecular formula is C11H15BrN4O. The molecule has 0 aliphatic rings. The van der Waals surface area contributed by atoms with Gasteiger partial charge in [-0.3, -0.25) is 4.68 Å². The Morgan fingerprint density at radius 2 is 2.35 bits per heavy atom. The monoisotopic (exact) mass is 298 g/mol. The fourth-order valence-corrected chi connectivity index (χ4v) is 2.04. The number of nitrogens with zero attached hydrogens (tertiary/aromatic N) is 3. The maximum Gasteiger partial charge on any atom is 0.169 e. The third kappa shape index (κ3) is 2.95. The number of hydrogen-bond donors (Lipinski definition) is 1. The number of likely N-dealkylation sites (N-methyl/N-ethyl adjacent to an activating group) is 1. The molecule has 2 aromatic rings. The smallest absolute Gasteiger partial charge is 0.169 e. The van der Waals surface area contributed by atoms with Crippen LogP contribution < -0.4 is 5.32 Å². The summed E-state index contributed by atoms with van der Waals surface area (Å²) >= 11 is 3.32. The molecule has 5 nitrogen and oxygen atoms in total. The SMILES string of the molecule is CCNC(Cc1ncnn1C)c1ccc(Br)o1. The molecule has 0 aliphatic heterocycles. The molecular weight excluding hydrogens is 284 g/mol. The number of furan rings is 1. The Hall–Kier alpha value is -1.14. The Morgan fingerprint density at radius 1 is 1.53 bits per heavy atom. The van der Waals surface area contributed by atoms with Crippen molar-refractivity contribution in [2.75, 3.05) is 6.54 Å². The number of hydrogen-bond acceptors (Lipinski definition) is 4. The van der Waals surface area contributed by atoms with Gasteiger partial charge in [-0.05, 0) is 34.6 Å². The maximum absolute atomic E-state index is 5.58. The van der Waals surface area contributed by atoms with E-state index in [1.54, 1.807) is 11.0 Å². The number of nitrogens with one attached hydrogen (secondary N) is 1. The van der Waals surface area contributed by atoms with E-state index in [0.717, 1.165) is 29.2 Å². The molecule has 2 aromatic heterocycles. The van der Waals surface area contributed by atoms with Gasteiger partial charge in [0.1, 0.15) is 17.9 Å². The van der Waals surface area contributed by atoms with Gasteiger partial charge in [0.2, 0.25) is 0 Å². The molecule has 0 bridgehead atoms. The van der Waals surface area contributed by atoms with Crippen LogP contribution in [-0.4, -0.2) is 21.3 Å². The van der Waals surface area contributed by atoms with Crippen LogP contribution in [-0.2, 0) is 13.5 Å². The van der Waals surface area contributed by atoms with Crippen LogP contribution in [0.1, 0.15) is 24.6 Å². The van der Waals surface area contributed by atoms with Crippen molar-refractivity contribution < 1.29 is 4.42 Å². The van der Waals surface area contributed by atoms with E-state index in [1.165, 1.54) is 0 Å². The lowest BCUT2D eigenvalue weighted by Gasteiger charge is -2.14. The second-order valence-electron chi connectivity index (χ2n) is 3.76. The molecule has 0 aliphatic carbocycles. The molecule has 0 fully saturated rings. The molecule has 0 radical (unpaired) electrons. The van der Waals surface area contributed by atoms with Gasteiger partial charge in [-0.15, -0.1) is 0 Å². The third-order valence-corrected chi connectivity index (χ3v) is 3.01. The topological polar surface area (TPSA) is 55.9 Å². The van der Waals surface area contributed by atoms with Gasteiger partial charge in [0.25, 0.3) is 0 Å². The van der Waals surface area contributed by atoms with Crippen LogP contribution in [0.4, 0.5) is 0 Å². The summed E-state index contributed by atoms with van der Waals surface area (Å²) in [6.45, 7) is 2.95. The molecule has 0 spiro atoms. The van der Waals surface area contributed by atoms with E-state index in [9.17, 15) is 0 Å². The minimum atomic E-state index is 0.120. The van der Waals surface area contributed by atoms with E-state index in [0.29, 0.717) is 0 Å². The molecule has 0 saturated carbocycles. The largest absolute Gasteiger partial charge is 0.453 e. The van der Waals surface area contributed by atoms with Gasteiger partial charge in [-0.2, -0.15) is 5.10 Å². The molecule has 17 heavy (non-hydrogen) atoms. The Kier molecular flexibility index (Phi) is 3.96. The Labute approximate surface area is 108 Å². The van der Waals surface area contributed by atoms with Gasteiger partial charge in [0.05, 0.1) is 6.04 Å². The lowest BCUT2D eigenvalue weighted by atomic mass is 10.1. The number of aromatic nitrogens is 3. The van der Waals surface area contributed by atoms with E-state index in [4.69, 9.17) is 4.42 Å². The third-order valence-electron chi connectivity index (χ3n) is 2.58. The quantitative estimate of drug-likeness (QED) is 0.918. The van der Waals surface area contributed by atoms with Crippen LogP contribution in [0.5, 0.6) is 0 Å².